The molecule has 0 spiro atoms. The van der Waals surface area contributed by atoms with E-state index in [0.717, 1.165) is 5.56 Å². The number of benzene rings is 1. The van der Waals surface area contributed by atoms with Crippen molar-refractivity contribution < 1.29 is 9.90 Å². The fourth-order valence-electron chi connectivity index (χ4n) is 1.47. The zero-order valence-electron chi connectivity index (χ0n) is 9.30. The molecular formula is C13H17NO2. The van der Waals surface area contributed by atoms with Crippen molar-refractivity contribution in [2.45, 2.75) is 13.0 Å². The lowest BCUT2D eigenvalue weighted by atomic mass is 10.2. The highest BCUT2D eigenvalue weighted by molar-refractivity contribution is 5.77. The van der Waals surface area contributed by atoms with Gasteiger partial charge >= 0.3 is 0 Å². The maximum atomic E-state index is 11.7. The smallest absolute Gasteiger partial charge is 0.226 e. The second kappa shape index (κ2) is 6.80. The predicted molar refractivity (Wildman–Crippen MR) is 63.8 cm³/mol. The first-order valence-electron chi connectivity index (χ1n) is 5.31. The monoisotopic (exact) mass is 219 g/mol. The highest BCUT2D eigenvalue weighted by Crippen LogP contribution is 2.05. The summed E-state index contributed by atoms with van der Waals surface area (Å²) in [7, 11) is 0. The Bertz CT molecular complexity index is 335. The Labute approximate surface area is 96.0 Å². The average molecular weight is 219 g/mol. The molecule has 86 valence electrons. The normalized spacial score (nSPS) is 9.81. The second-order valence-corrected chi connectivity index (χ2v) is 3.52. The van der Waals surface area contributed by atoms with Gasteiger partial charge in [0.15, 0.2) is 0 Å². The van der Waals surface area contributed by atoms with Crippen molar-refractivity contribution in [1.82, 2.24) is 4.90 Å². The molecule has 1 amide bonds. The molecule has 3 nitrogen and oxygen atoms in total. The van der Waals surface area contributed by atoms with Gasteiger partial charge in [0.05, 0.1) is 6.61 Å². The van der Waals surface area contributed by atoms with E-state index in [1.165, 1.54) is 0 Å². The number of rotatable bonds is 6. The molecule has 1 aromatic rings. The number of hydrogen-bond donors (Lipinski definition) is 1. The van der Waals surface area contributed by atoms with Crippen molar-refractivity contribution in [2.75, 3.05) is 13.2 Å². The Morgan fingerprint density at radius 1 is 1.38 bits per heavy atom. The summed E-state index contributed by atoms with van der Waals surface area (Å²) >= 11 is 0. The van der Waals surface area contributed by atoms with Gasteiger partial charge in [-0.3, -0.25) is 4.79 Å². The predicted octanol–water partition coefficient (Wildman–Crippen LogP) is 1.58. The molecule has 16 heavy (non-hydrogen) atoms. The maximum absolute atomic E-state index is 11.7. The maximum Gasteiger partial charge on any atom is 0.226 e. The lowest BCUT2D eigenvalue weighted by Gasteiger charge is -2.21. The summed E-state index contributed by atoms with van der Waals surface area (Å²) in [6.45, 7) is 4.42. The summed E-state index contributed by atoms with van der Waals surface area (Å²) in [4.78, 5) is 13.3. The fourth-order valence-corrected chi connectivity index (χ4v) is 1.47. The van der Waals surface area contributed by atoms with Gasteiger partial charge in [-0.2, -0.15) is 0 Å². The minimum atomic E-state index is -0.0181. The van der Waals surface area contributed by atoms with E-state index in [4.69, 9.17) is 5.11 Å². The number of aliphatic hydroxyl groups excluding tert-OH is 1. The lowest BCUT2D eigenvalue weighted by Crippen LogP contribution is -2.32. The molecule has 1 rings (SSSR count). The Morgan fingerprint density at radius 2 is 2.06 bits per heavy atom. The first-order valence-corrected chi connectivity index (χ1v) is 5.31. The van der Waals surface area contributed by atoms with Crippen LogP contribution in [-0.4, -0.2) is 29.1 Å². The van der Waals surface area contributed by atoms with E-state index >= 15 is 0 Å². The SMILES string of the molecule is C=CCC(=O)N(CCO)Cc1ccccc1. The van der Waals surface area contributed by atoms with Crippen molar-refractivity contribution in [1.29, 1.82) is 0 Å². The molecule has 0 heterocycles. The first-order chi connectivity index (χ1) is 7.77. The van der Waals surface area contributed by atoms with Crippen LogP contribution in [0.3, 0.4) is 0 Å². The highest BCUT2D eigenvalue weighted by Gasteiger charge is 2.11. The minimum absolute atomic E-state index is 0.00657. The fraction of sp³-hybridized carbons (Fsp3) is 0.308. The van der Waals surface area contributed by atoms with Crippen LogP contribution in [0.4, 0.5) is 0 Å². The summed E-state index contributed by atoms with van der Waals surface area (Å²) in [5.41, 5.74) is 1.06. The summed E-state index contributed by atoms with van der Waals surface area (Å²) in [5, 5.41) is 8.91. The van der Waals surface area contributed by atoms with Gasteiger partial charge in [-0.1, -0.05) is 36.4 Å². The van der Waals surface area contributed by atoms with Crippen molar-refractivity contribution >= 4 is 5.91 Å². The zero-order chi connectivity index (χ0) is 11.8. The molecule has 0 aromatic heterocycles. The van der Waals surface area contributed by atoms with E-state index in [1.54, 1.807) is 11.0 Å². The third-order valence-electron chi connectivity index (χ3n) is 2.26. The molecule has 0 bridgehead atoms. The molecule has 0 atom stereocenters. The molecule has 3 heteroatoms. The largest absolute Gasteiger partial charge is 0.395 e. The minimum Gasteiger partial charge on any atom is -0.395 e. The van der Waals surface area contributed by atoms with Crippen LogP contribution in [0.15, 0.2) is 43.0 Å². The van der Waals surface area contributed by atoms with E-state index in [-0.39, 0.29) is 12.5 Å². The third kappa shape index (κ3) is 3.87. The summed E-state index contributed by atoms with van der Waals surface area (Å²) in [6.07, 6.45) is 1.89. The van der Waals surface area contributed by atoms with Crippen LogP contribution >= 0.6 is 0 Å². The molecule has 0 aliphatic carbocycles. The number of carbonyl (C=O) groups excluding carboxylic acids is 1. The van der Waals surface area contributed by atoms with Crippen LogP contribution in [0.1, 0.15) is 12.0 Å². The standard InChI is InChI=1S/C13H17NO2/c1-2-6-13(16)14(9-10-15)11-12-7-4-3-5-8-12/h2-5,7-8,15H,1,6,9-11H2. The van der Waals surface area contributed by atoms with Crippen LogP contribution in [-0.2, 0) is 11.3 Å². The van der Waals surface area contributed by atoms with Crippen LogP contribution in [0.5, 0.6) is 0 Å². The number of aliphatic hydroxyl groups is 1. The molecule has 0 radical (unpaired) electrons. The molecular weight excluding hydrogens is 202 g/mol. The van der Waals surface area contributed by atoms with E-state index in [2.05, 4.69) is 6.58 Å². The van der Waals surface area contributed by atoms with Gasteiger partial charge in [0.1, 0.15) is 0 Å². The average Bonchev–Trinajstić information content (AvgIpc) is 2.30. The van der Waals surface area contributed by atoms with Gasteiger partial charge in [0.2, 0.25) is 5.91 Å². The second-order valence-electron chi connectivity index (χ2n) is 3.52. The van der Waals surface area contributed by atoms with Crippen LogP contribution in [0.2, 0.25) is 0 Å². The van der Waals surface area contributed by atoms with Crippen molar-refractivity contribution in [3.05, 3.63) is 48.6 Å². The zero-order valence-corrected chi connectivity index (χ0v) is 9.30. The van der Waals surface area contributed by atoms with Crippen LogP contribution in [0, 0.1) is 0 Å². The number of carbonyl (C=O) groups is 1. The molecule has 0 unspecified atom stereocenters. The Hall–Kier alpha value is -1.61. The molecule has 1 N–H and O–H groups in total. The van der Waals surface area contributed by atoms with Gasteiger partial charge in [0, 0.05) is 19.5 Å². The quantitative estimate of drug-likeness (QED) is 0.738. The van der Waals surface area contributed by atoms with E-state index in [9.17, 15) is 4.79 Å². The summed E-state index contributed by atoms with van der Waals surface area (Å²) in [6, 6.07) is 9.73. The van der Waals surface area contributed by atoms with Gasteiger partial charge in [-0.25, -0.2) is 0 Å². The molecule has 0 saturated carbocycles. The van der Waals surface area contributed by atoms with Crippen molar-refractivity contribution in [2.24, 2.45) is 0 Å². The lowest BCUT2D eigenvalue weighted by molar-refractivity contribution is -0.131. The molecule has 0 aliphatic heterocycles. The summed E-state index contributed by atoms with van der Waals surface area (Å²) < 4.78 is 0. The van der Waals surface area contributed by atoms with Crippen LogP contribution < -0.4 is 0 Å². The van der Waals surface area contributed by atoms with Crippen molar-refractivity contribution in [3.8, 4) is 0 Å². The van der Waals surface area contributed by atoms with Crippen molar-refractivity contribution in [3.63, 3.8) is 0 Å². The Kier molecular flexibility index (Phi) is 5.29. The van der Waals surface area contributed by atoms with Gasteiger partial charge < -0.3 is 10.0 Å². The Balaban J connectivity index is 2.64. The number of nitrogens with zero attached hydrogens (tertiary/aromatic N) is 1. The highest BCUT2D eigenvalue weighted by atomic mass is 16.3. The van der Waals surface area contributed by atoms with E-state index in [0.29, 0.717) is 19.5 Å². The topological polar surface area (TPSA) is 40.5 Å². The Morgan fingerprint density at radius 3 is 2.62 bits per heavy atom. The summed E-state index contributed by atoms with van der Waals surface area (Å²) in [5.74, 6) is -0.00657. The third-order valence-corrected chi connectivity index (χ3v) is 2.26. The van der Waals surface area contributed by atoms with E-state index < -0.39 is 0 Å². The molecule has 1 aromatic carbocycles. The van der Waals surface area contributed by atoms with Crippen LogP contribution in [0.25, 0.3) is 0 Å². The molecule has 0 aliphatic rings. The molecule has 0 fully saturated rings. The van der Waals surface area contributed by atoms with Gasteiger partial charge in [-0.05, 0) is 5.56 Å². The van der Waals surface area contributed by atoms with Gasteiger partial charge in [-0.15, -0.1) is 6.58 Å². The number of hydrogen-bond acceptors (Lipinski definition) is 2. The van der Waals surface area contributed by atoms with E-state index in [1.807, 2.05) is 30.3 Å². The van der Waals surface area contributed by atoms with Gasteiger partial charge in [0.25, 0.3) is 0 Å². The molecule has 0 saturated heterocycles. The number of amides is 1. The first kappa shape index (κ1) is 12.5.